The van der Waals surface area contributed by atoms with Crippen LogP contribution in [-0.4, -0.2) is 30.4 Å². The lowest BCUT2D eigenvalue weighted by Gasteiger charge is -2.24. The molecule has 1 aliphatic rings. The Morgan fingerprint density at radius 1 is 1.24 bits per heavy atom. The smallest absolute Gasteiger partial charge is 0.309 e. The zero-order valence-electron chi connectivity index (χ0n) is 16.6. The first kappa shape index (κ1) is 21.0. The van der Waals surface area contributed by atoms with Crippen LogP contribution in [0, 0.1) is 11.6 Å². The maximum Gasteiger partial charge on any atom is 0.309 e. The highest BCUT2D eigenvalue weighted by molar-refractivity contribution is 5.83. The summed E-state index contributed by atoms with van der Waals surface area (Å²) in [6.45, 7) is 3.88. The highest BCUT2D eigenvalue weighted by atomic mass is 19.1. The molecule has 6 heteroatoms. The van der Waals surface area contributed by atoms with Crippen LogP contribution in [0.25, 0.3) is 17.2 Å². The highest BCUT2D eigenvalue weighted by Gasteiger charge is 2.26. The Morgan fingerprint density at radius 3 is 2.52 bits per heavy atom. The van der Waals surface area contributed by atoms with Crippen molar-refractivity contribution in [1.82, 2.24) is 0 Å². The third-order valence-corrected chi connectivity index (χ3v) is 4.93. The topological polar surface area (TPSA) is 55.8 Å². The molecule has 0 aliphatic carbocycles. The van der Waals surface area contributed by atoms with Crippen LogP contribution in [-0.2, 0) is 9.53 Å². The van der Waals surface area contributed by atoms with Gasteiger partial charge in [-0.05, 0) is 46.9 Å². The molecule has 0 amide bonds. The molecule has 1 N–H and O–H groups in total. The van der Waals surface area contributed by atoms with Gasteiger partial charge in [0, 0.05) is 12.0 Å². The van der Waals surface area contributed by atoms with Gasteiger partial charge in [0.15, 0.2) is 11.6 Å². The van der Waals surface area contributed by atoms with Crippen LogP contribution in [0.1, 0.15) is 43.7 Å². The summed E-state index contributed by atoms with van der Waals surface area (Å²) in [5.41, 5.74) is 2.53. The Balaban J connectivity index is 2.16. The van der Waals surface area contributed by atoms with Crippen molar-refractivity contribution in [2.45, 2.75) is 44.8 Å². The number of aliphatic hydroxyl groups is 1. The van der Waals surface area contributed by atoms with E-state index in [9.17, 15) is 18.7 Å². The molecule has 0 bridgehead atoms. The van der Waals surface area contributed by atoms with Gasteiger partial charge in [0.1, 0.15) is 11.9 Å². The fourth-order valence-electron chi connectivity index (χ4n) is 3.56. The van der Waals surface area contributed by atoms with E-state index in [2.05, 4.69) is 0 Å². The molecule has 0 radical (unpaired) electrons. The van der Waals surface area contributed by atoms with Gasteiger partial charge in [-0.25, -0.2) is 8.78 Å². The number of hydrogen-bond donors (Lipinski definition) is 1. The van der Waals surface area contributed by atoms with Gasteiger partial charge in [0.2, 0.25) is 0 Å². The first-order valence-electron chi connectivity index (χ1n) is 9.52. The number of carbonyl (C=O) groups excluding carboxylic acids is 1. The van der Waals surface area contributed by atoms with E-state index >= 15 is 0 Å². The molecule has 2 aromatic carbocycles. The molecule has 1 fully saturated rings. The third kappa shape index (κ3) is 4.65. The molecule has 2 atom stereocenters. The summed E-state index contributed by atoms with van der Waals surface area (Å²) in [7, 11) is 1.38. The van der Waals surface area contributed by atoms with Crippen LogP contribution in [0.2, 0.25) is 0 Å². The molecule has 0 saturated carbocycles. The Labute approximate surface area is 168 Å². The van der Waals surface area contributed by atoms with Gasteiger partial charge < -0.3 is 14.6 Å². The van der Waals surface area contributed by atoms with Crippen LogP contribution in [0.15, 0.2) is 36.4 Å². The molecule has 0 aromatic heterocycles. The van der Waals surface area contributed by atoms with E-state index in [0.29, 0.717) is 23.1 Å². The van der Waals surface area contributed by atoms with Crippen molar-refractivity contribution >= 4 is 12.0 Å². The Morgan fingerprint density at radius 2 is 1.93 bits per heavy atom. The number of carbonyl (C=O) groups is 1. The fourth-order valence-corrected chi connectivity index (χ4v) is 3.56. The van der Waals surface area contributed by atoms with Gasteiger partial charge >= 0.3 is 5.97 Å². The summed E-state index contributed by atoms with van der Waals surface area (Å²) >= 11 is 0. The number of ether oxygens (including phenoxy) is 2. The molecular formula is C23H24F2O4. The minimum atomic E-state index is -0.755. The van der Waals surface area contributed by atoms with Gasteiger partial charge in [0.25, 0.3) is 0 Å². The molecule has 1 saturated heterocycles. The van der Waals surface area contributed by atoms with Crippen molar-refractivity contribution in [3.8, 4) is 16.9 Å². The van der Waals surface area contributed by atoms with Crippen molar-refractivity contribution in [2.75, 3.05) is 7.11 Å². The molecule has 154 valence electrons. The second kappa shape index (κ2) is 8.74. The summed E-state index contributed by atoms with van der Waals surface area (Å²) in [6, 6.07) is 7.18. The monoisotopic (exact) mass is 402 g/mol. The van der Waals surface area contributed by atoms with Crippen LogP contribution < -0.4 is 4.74 Å². The Bertz CT molecular complexity index is 919. The first-order chi connectivity index (χ1) is 13.8. The lowest BCUT2D eigenvalue weighted by molar-refractivity contribution is -0.156. The molecule has 0 unspecified atom stereocenters. The number of aliphatic hydroxyl groups excluding tert-OH is 1. The average molecular weight is 402 g/mol. The third-order valence-electron chi connectivity index (χ3n) is 4.93. The van der Waals surface area contributed by atoms with Gasteiger partial charge in [0.05, 0.1) is 19.6 Å². The standard InChI is InChI=1S/C23H24F2O4/c1-13(2)19-12-20(25)23(28-3)22(14-4-6-15(24)7-5-14)18(19)9-8-17-10-16(26)11-21(27)29-17/h4-9,12-13,16-17,26H,10-11H2,1-3H3/b9-8+/t16-,17-/m1/s1. The van der Waals surface area contributed by atoms with E-state index < -0.39 is 29.8 Å². The van der Waals surface area contributed by atoms with Crippen molar-refractivity contribution in [1.29, 1.82) is 0 Å². The molecular weight excluding hydrogens is 378 g/mol. The maximum atomic E-state index is 14.8. The Kier molecular flexibility index (Phi) is 6.33. The van der Waals surface area contributed by atoms with E-state index in [1.807, 2.05) is 13.8 Å². The van der Waals surface area contributed by atoms with Crippen molar-refractivity contribution in [3.05, 3.63) is 59.2 Å². The van der Waals surface area contributed by atoms with Crippen molar-refractivity contribution in [3.63, 3.8) is 0 Å². The first-order valence-corrected chi connectivity index (χ1v) is 9.52. The van der Waals surface area contributed by atoms with Crippen LogP contribution in [0.4, 0.5) is 8.78 Å². The summed E-state index contributed by atoms with van der Waals surface area (Å²) in [4.78, 5) is 11.6. The lowest BCUT2D eigenvalue weighted by Crippen LogP contribution is -2.31. The second-order valence-corrected chi connectivity index (χ2v) is 7.41. The largest absolute Gasteiger partial charge is 0.493 e. The summed E-state index contributed by atoms with van der Waals surface area (Å²) in [5.74, 6) is -1.31. The van der Waals surface area contributed by atoms with Gasteiger partial charge in [-0.2, -0.15) is 0 Å². The minimum Gasteiger partial charge on any atom is -0.493 e. The van der Waals surface area contributed by atoms with Gasteiger partial charge in [-0.15, -0.1) is 0 Å². The second-order valence-electron chi connectivity index (χ2n) is 7.41. The molecule has 3 rings (SSSR count). The average Bonchev–Trinajstić information content (AvgIpc) is 2.66. The van der Waals surface area contributed by atoms with Gasteiger partial charge in [-0.3, -0.25) is 4.79 Å². The quantitative estimate of drug-likeness (QED) is 0.727. The number of esters is 1. The van der Waals surface area contributed by atoms with Crippen LogP contribution in [0.5, 0.6) is 5.75 Å². The van der Waals surface area contributed by atoms with E-state index in [0.717, 1.165) is 5.56 Å². The van der Waals surface area contributed by atoms with Gasteiger partial charge in [-0.1, -0.05) is 32.1 Å². The summed E-state index contributed by atoms with van der Waals surface area (Å²) < 4.78 is 38.8. The normalized spacial score (nSPS) is 19.6. The number of rotatable bonds is 5. The molecule has 29 heavy (non-hydrogen) atoms. The number of benzene rings is 2. The number of hydrogen-bond acceptors (Lipinski definition) is 4. The van der Waals surface area contributed by atoms with E-state index in [4.69, 9.17) is 9.47 Å². The molecule has 4 nitrogen and oxygen atoms in total. The zero-order chi connectivity index (χ0) is 21.1. The van der Waals surface area contributed by atoms with E-state index in [1.54, 1.807) is 24.3 Å². The molecule has 1 heterocycles. The molecule has 1 aliphatic heterocycles. The summed E-state index contributed by atoms with van der Waals surface area (Å²) in [5, 5.41) is 9.83. The van der Waals surface area contributed by atoms with E-state index in [-0.39, 0.29) is 18.1 Å². The molecule has 2 aromatic rings. The van der Waals surface area contributed by atoms with E-state index in [1.165, 1.54) is 25.3 Å². The number of methoxy groups -OCH3 is 1. The lowest BCUT2D eigenvalue weighted by atomic mass is 9.88. The minimum absolute atomic E-state index is 0.00579. The molecule has 0 spiro atoms. The summed E-state index contributed by atoms with van der Waals surface area (Å²) in [6.07, 6.45) is 2.38. The van der Waals surface area contributed by atoms with Crippen LogP contribution in [0.3, 0.4) is 0 Å². The zero-order valence-corrected chi connectivity index (χ0v) is 16.6. The predicted molar refractivity (Wildman–Crippen MR) is 107 cm³/mol. The van der Waals surface area contributed by atoms with Crippen molar-refractivity contribution < 1.29 is 28.2 Å². The number of halogens is 2. The predicted octanol–water partition coefficient (Wildman–Crippen LogP) is 4.84. The number of cyclic esters (lactones) is 1. The van der Waals surface area contributed by atoms with Crippen molar-refractivity contribution in [2.24, 2.45) is 0 Å². The Hall–Kier alpha value is -2.73. The SMILES string of the molecule is COc1c(F)cc(C(C)C)c(/C=C/[C@@H]2C[C@@H](O)CC(=O)O2)c1-c1ccc(F)cc1. The maximum absolute atomic E-state index is 14.8. The highest BCUT2D eigenvalue weighted by Crippen LogP contribution is 2.41. The van der Waals surface area contributed by atoms with Crippen LogP contribution >= 0.6 is 0 Å². The fraction of sp³-hybridized carbons (Fsp3) is 0.348.